The van der Waals surface area contributed by atoms with Gasteiger partial charge in [-0.3, -0.25) is 9.13 Å². The predicted molar refractivity (Wildman–Crippen MR) is 93.5 cm³/mol. The number of aromatic nitrogens is 2. The Morgan fingerprint density at radius 3 is 1.42 bits per heavy atom. The van der Waals surface area contributed by atoms with Gasteiger partial charge in [0, 0.05) is 13.1 Å². The maximum absolute atomic E-state index is 12.1. The number of para-hydroxylation sites is 2. The van der Waals surface area contributed by atoms with Crippen LogP contribution in [0.25, 0.3) is 21.8 Å². The summed E-state index contributed by atoms with van der Waals surface area (Å²) < 4.78 is 12.0. The standard InChI is InChI=1S/C18H12N2O6/c21-15-11-5-1-3-7-13(11)19(17(23)25-15)9-10-20-14-8-4-2-6-12(14)16(22)26-18(20)24/h1-8H,9-10H2. The van der Waals surface area contributed by atoms with Gasteiger partial charge in [0.25, 0.3) is 0 Å². The Morgan fingerprint density at radius 2 is 1.00 bits per heavy atom. The van der Waals surface area contributed by atoms with E-state index in [4.69, 9.17) is 8.83 Å². The number of aryl methyl sites for hydroxylation is 2. The number of nitrogens with zero attached hydrogens (tertiary/aromatic N) is 2. The Balaban J connectivity index is 1.85. The van der Waals surface area contributed by atoms with E-state index in [2.05, 4.69) is 0 Å². The first kappa shape index (κ1) is 15.8. The molecule has 8 nitrogen and oxygen atoms in total. The second-order valence-electron chi connectivity index (χ2n) is 5.65. The molecule has 0 saturated carbocycles. The minimum atomic E-state index is -0.816. The van der Waals surface area contributed by atoms with E-state index in [1.165, 1.54) is 9.13 Å². The normalized spacial score (nSPS) is 11.2. The zero-order chi connectivity index (χ0) is 18.3. The summed E-state index contributed by atoms with van der Waals surface area (Å²) in [6.45, 7) is 0.113. The van der Waals surface area contributed by atoms with E-state index in [1.807, 2.05) is 0 Å². The van der Waals surface area contributed by atoms with E-state index in [0.29, 0.717) is 11.0 Å². The van der Waals surface area contributed by atoms with Crippen molar-refractivity contribution >= 4 is 21.8 Å². The van der Waals surface area contributed by atoms with Crippen LogP contribution < -0.4 is 22.8 Å². The molecule has 0 aliphatic carbocycles. The summed E-state index contributed by atoms with van der Waals surface area (Å²) in [6.07, 6.45) is 0. The minimum absolute atomic E-state index is 0.0563. The van der Waals surface area contributed by atoms with Crippen molar-refractivity contribution in [1.82, 2.24) is 9.13 Å². The van der Waals surface area contributed by atoms with Crippen LogP contribution in [0.1, 0.15) is 0 Å². The van der Waals surface area contributed by atoms with Gasteiger partial charge in [0.15, 0.2) is 0 Å². The highest BCUT2D eigenvalue weighted by Crippen LogP contribution is 2.10. The van der Waals surface area contributed by atoms with Crippen LogP contribution in [0.2, 0.25) is 0 Å². The van der Waals surface area contributed by atoms with Gasteiger partial charge in [0.1, 0.15) is 0 Å². The number of hydrogen-bond acceptors (Lipinski definition) is 6. The molecular weight excluding hydrogens is 340 g/mol. The average Bonchev–Trinajstić information content (AvgIpc) is 2.64. The minimum Gasteiger partial charge on any atom is -0.372 e. The summed E-state index contributed by atoms with van der Waals surface area (Å²) in [5, 5.41) is 0.535. The third-order valence-electron chi connectivity index (χ3n) is 4.18. The molecule has 0 amide bonds. The second-order valence-corrected chi connectivity index (χ2v) is 5.65. The third kappa shape index (κ3) is 2.48. The molecule has 0 radical (unpaired) electrons. The first-order valence-corrected chi connectivity index (χ1v) is 7.81. The topological polar surface area (TPSA) is 104 Å². The van der Waals surface area contributed by atoms with Gasteiger partial charge >= 0.3 is 22.8 Å². The summed E-state index contributed by atoms with van der Waals surface area (Å²) in [7, 11) is 0. The van der Waals surface area contributed by atoms with E-state index >= 15 is 0 Å². The lowest BCUT2D eigenvalue weighted by molar-refractivity contribution is 0.382. The van der Waals surface area contributed by atoms with Gasteiger partial charge in [-0.15, -0.1) is 0 Å². The summed E-state index contributed by atoms with van der Waals surface area (Å²) >= 11 is 0. The van der Waals surface area contributed by atoms with Gasteiger partial charge < -0.3 is 8.83 Å². The maximum atomic E-state index is 12.1. The van der Waals surface area contributed by atoms with Crippen molar-refractivity contribution in [2.45, 2.75) is 13.1 Å². The molecule has 4 rings (SSSR count). The van der Waals surface area contributed by atoms with Crippen LogP contribution in [0.5, 0.6) is 0 Å². The van der Waals surface area contributed by atoms with Gasteiger partial charge in [-0.25, -0.2) is 19.2 Å². The lowest BCUT2D eigenvalue weighted by Gasteiger charge is -2.11. The molecule has 0 saturated heterocycles. The molecule has 0 fully saturated rings. The van der Waals surface area contributed by atoms with E-state index in [1.54, 1.807) is 48.5 Å². The van der Waals surface area contributed by atoms with Gasteiger partial charge in [0.05, 0.1) is 21.8 Å². The molecule has 4 aromatic rings. The number of fused-ring (bicyclic) bond motifs is 2. The van der Waals surface area contributed by atoms with Gasteiger partial charge in [-0.1, -0.05) is 24.3 Å². The summed E-state index contributed by atoms with van der Waals surface area (Å²) in [5.74, 6) is -1.63. The highest BCUT2D eigenvalue weighted by molar-refractivity contribution is 5.78. The fraction of sp³-hybridized carbons (Fsp3) is 0.111. The maximum Gasteiger partial charge on any atom is 0.422 e. The molecule has 0 unspecified atom stereocenters. The molecule has 130 valence electrons. The van der Waals surface area contributed by atoms with Gasteiger partial charge in [0.2, 0.25) is 0 Å². The number of hydrogen-bond donors (Lipinski definition) is 0. The molecule has 0 atom stereocenters. The summed E-state index contributed by atoms with van der Waals surface area (Å²) in [4.78, 5) is 47.8. The highest BCUT2D eigenvalue weighted by atomic mass is 16.4. The molecule has 8 heteroatoms. The molecule has 0 spiro atoms. The quantitative estimate of drug-likeness (QED) is 0.543. The van der Waals surface area contributed by atoms with Crippen LogP contribution >= 0.6 is 0 Å². The molecule has 0 aliphatic rings. The second kappa shape index (κ2) is 5.99. The average molecular weight is 352 g/mol. The Hall–Kier alpha value is -3.68. The molecule has 2 heterocycles. The van der Waals surface area contributed by atoms with Crippen LogP contribution in [0, 0.1) is 0 Å². The van der Waals surface area contributed by atoms with Crippen molar-refractivity contribution in [3.8, 4) is 0 Å². The lowest BCUT2D eigenvalue weighted by Crippen LogP contribution is -2.30. The van der Waals surface area contributed by atoms with Gasteiger partial charge in [-0.05, 0) is 24.3 Å². The van der Waals surface area contributed by atoms with Crippen LogP contribution in [-0.4, -0.2) is 9.13 Å². The van der Waals surface area contributed by atoms with E-state index < -0.39 is 22.8 Å². The Morgan fingerprint density at radius 1 is 0.615 bits per heavy atom. The predicted octanol–water partition coefficient (Wildman–Crippen LogP) is 0.923. The highest BCUT2D eigenvalue weighted by Gasteiger charge is 2.12. The first-order valence-electron chi connectivity index (χ1n) is 7.81. The van der Waals surface area contributed by atoms with E-state index in [0.717, 1.165) is 0 Å². The lowest BCUT2D eigenvalue weighted by atomic mass is 10.2. The van der Waals surface area contributed by atoms with Crippen LogP contribution in [-0.2, 0) is 13.1 Å². The summed E-state index contributed by atoms with van der Waals surface area (Å²) in [5.41, 5.74) is -0.614. The SMILES string of the molecule is O=c1oc(=O)n(CCn2c(=O)oc(=O)c3ccccc32)c2ccccc12. The van der Waals surface area contributed by atoms with Crippen LogP contribution in [0.4, 0.5) is 0 Å². The van der Waals surface area contributed by atoms with E-state index in [9.17, 15) is 19.2 Å². The number of rotatable bonds is 3. The van der Waals surface area contributed by atoms with Crippen molar-refractivity contribution in [3.05, 3.63) is 90.5 Å². The monoisotopic (exact) mass is 352 g/mol. The van der Waals surface area contributed by atoms with Crippen molar-refractivity contribution in [3.63, 3.8) is 0 Å². The zero-order valence-corrected chi connectivity index (χ0v) is 13.4. The van der Waals surface area contributed by atoms with Crippen LogP contribution in [0.3, 0.4) is 0 Å². The number of benzene rings is 2. The fourth-order valence-corrected chi connectivity index (χ4v) is 2.96. The Kier molecular flexibility index (Phi) is 3.65. The van der Waals surface area contributed by atoms with Crippen molar-refractivity contribution in [2.75, 3.05) is 0 Å². The van der Waals surface area contributed by atoms with Crippen molar-refractivity contribution < 1.29 is 8.83 Å². The van der Waals surface area contributed by atoms with E-state index in [-0.39, 0.29) is 23.9 Å². The molecule has 2 aromatic carbocycles. The summed E-state index contributed by atoms with van der Waals surface area (Å²) in [6, 6.07) is 13.1. The largest absolute Gasteiger partial charge is 0.422 e. The van der Waals surface area contributed by atoms with Gasteiger partial charge in [-0.2, -0.15) is 0 Å². The molecule has 26 heavy (non-hydrogen) atoms. The van der Waals surface area contributed by atoms with Crippen LogP contribution in [0.15, 0.2) is 76.5 Å². The Bertz CT molecular complexity index is 1270. The zero-order valence-electron chi connectivity index (χ0n) is 13.4. The first-order chi connectivity index (χ1) is 12.6. The molecular formula is C18H12N2O6. The van der Waals surface area contributed by atoms with Crippen molar-refractivity contribution in [1.29, 1.82) is 0 Å². The molecule has 0 aliphatic heterocycles. The molecule has 0 N–H and O–H groups in total. The molecule has 0 bridgehead atoms. The van der Waals surface area contributed by atoms with Crippen molar-refractivity contribution in [2.24, 2.45) is 0 Å². The smallest absolute Gasteiger partial charge is 0.372 e. The molecule has 2 aromatic heterocycles. The Labute approximate surface area is 144 Å². The fourth-order valence-electron chi connectivity index (χ4n) is 2.96. The third-order valence-corrected chi connectivity index (χ3v) is 4.18.